The summed E-state index contributed by atoms with van der Waals surface area (Å²) in [5.74, 6) is 1.44. The van der Waals surface area contributed by atoms with Crippen LogP contribution in [-0.2, 0) is 0 Å². The Balaban J connectivity index is 2.33. The maximum atomic E-state index is 5.89. The molecule has 0 fully saturated rings. The standard InChI is InChI=1S/C16H20N2O/c1-10-7-11(2)12(3)15(8-10)19-16-9-14(13(4)17)5-6-18-16/h5-9,13H,17H2,1-4H3/t13-/m1/s1. The van der Waals surface area contributed by atoms with Gasteiger partial charge in [0.05, 0.1) is 0 Å². The van der Waals surface area contributed by atoms with Crippen LogP contribution in [0.4, 0.5) is 0 Å². The summed E-state index contributed by atoms with van der Waals surface area (Å²) in [5, 5.41) is 0. The summed E-state index contributed by atoms with van der Waals surface area (Å²) in [5.41, 5.74) is 10.4. The molecule has 0 saturated heterocycles. The number of aryl methyl sites for hydroxylation is 2. The average molecular weight is 256 g/mol. The minimum Gasteiger partial charge on any atom is -0.439 e. The summed E-state index contributed by atoms with van der Waals surface area (Å²) in [4.78, 5) is 4.24. The Morgan fingerprint density at radius 1 is 1.16 bits per heavy atom. The van der Waals surface area contributed by atoms with Gasteiger partial charge in [0, 0.05) is 18.3 Å². The van der Waals surface area contributed by atoms with E-state index < -0.39 is 0 Å². The first kappa shape index (κ1) is 13.6. The van der Waals surface area contributed by atoms with Crippen LogP contribution in [0.15, 0.2) is 30.5 Å². The minimum atomic E-state index is -0.0225. The molecule has 0 radical (unpaired) electrons. The highest BCUT2D eigenvalue weighted by molar-refractivity contribution is 5.43. The molecule has 3 nitrogen and oxygen atoms in total. The molecule has 0 aliphatic rings. The van der Waals surface area contributed by atoms with E-state index >= 15 is 0 Å². The molecular formula is C16H20N2O. The van der Waals surface area contributed by atoms with E-state index in [0.29, 0.717) is 5.88 Å². The van der Waals surface area contributed by atoms with Gasteiger partial charge in [-0.05, 0) is 62.1 Å². The van der Waals surface area contributed by atoms with Crippen molar-refractivity contribution in [2.45, 2.75) is 33.7 Å². The molecule has 0 amide bonds. The molecule has 0 aliphatic heterocycles. The normalized spacial score (nSPS) is 12.3. The van der Waals surface area contributed by atoms with Crippen molar-refractivity contribution in [3.63, 3.8) is 0 Å². The summed E-state index contributed by atoms with van der Waals surface area (Å²) >= 11 is 0. The fourth-order valence-electron chi connectivity index (χ4n) is 1.98. The zero-order valence-corrected chi connectivity index (χ0v) is 11.9. The Bertz CT molecular complexity index is 591. The van der Waals surface area contributed by atoms with Gasteiger partial charge in [0.2, 0.25) is 5.88 Å². The number of nitrogens with zero attached hydrogens (tertiary/aromatic N) is 1. The van der Waals surface area contributed by atoms with Crippen molar-refractivity contribution in [1.29, 1.82) is 0 Å². The predicted molar refractivity (Wildman–Crippen MR) is 77.6 cm³/mol. The Hall–Kier alpha value is -1.87. The van der Waals surface area contributed by atoms with Gasteiger partial charge in [-0.15, -0.1) is 0 Å². The van der Waals surface area contributed by atoms with Gasteiger partial charge >= 0.3 is 0 Å². The van der Waals surface area contributed by atoms with Crippen LogP contribution in [0.1, 0.15) is 35.2 Å². The van der Waals surface area contributed by atoms with E-state index in [9.17, 15) is 0 Å². The summed E-state index contributed by atoms with van der Waals surface area (Å²) < 4.78 is 5.89. The Morgan fingerprint density at radius 2 is 1.89 bits per heavy atom. The molecular weight excluding hydrogens is 236 g/mol. The van der Waals surface area contributed by atoms with Crippen LogP contribution in [0.5, 0.6) is 11.6 Å². The van der Waals surface area contributed by atoms with Gasteiger partial charge in [0.15, 0.2) is 0 Å². The number of nitrogens with two attached hydrogens (primary N) is 1. The maximum absolute atomic E-state index is 5.89. The van der Waals surface area contributed by atoms with Crippen LogP contribution in [-0.4, -0.2) is 4.98 Å². The highest BCUT2D eigenvalue weighted by atomic mass is 16.5. The topological polar surface area (TPSA) is 48.1 Å². The molecule has 0 spiro atoms. The van der Waals surface area contributed by atoms with E-state index in [0.717, 1.165) is 16.9 Å². The van der Waals surface area contributed by atoms with E-state index in [-0.39, 0.29) is 6.04 Å². The van der Waals surface area contributed by atoms with Gasteiger partial charge in [0.1, 0.15) is 5.75 Å². The second kappa shape index (κ2) is 5.41. The van der Waals surface area contributed by atoms with Crippen molar-refractivity contribution in [2.24, 2.45) is 5.73 Å². The summed E-state index contributed by atoms with van der Waals surface area (Å²) in [6.45, 7) is 8.15. The molecule has 100 valence electrons. The first-order valence-corrected chi connectivity index (χ1v) is 6.44. The Morgan fingerprint density at radius 3 is 2.58 bits per heavy atom. The van der Waals surface area contributed by atoms with E-state index in [1.54, 1.807) is 6.20 Å². The molecule has 0 aliphatic carbocycles. The predicted octanol–water partition coefficient (Wildman–Crippen LogP) is 3.82. The number of pyridine rings is 1. The van der Waals surface area contributed by atoms with Gasteiger partial charge in [0.25, 0.3) is 0 Å². The van der Waals surface area contributed by atoms with Crippen LogP contribution in [0.2, 0.25) is 0 Å². The zero-order chi connectivity index (χ0) is 14.0. The van der Waals surface area contributed by atoms with Crippen LogP contribution in [0.3, 0.4) is 0 Å². The third-order valence-electron chi connectivity index (χ3n) is 3.26. The van der Waals surface area contributed by atoms with E-state index in [1.807, 2.05) is 25.1 Å². The first-order valence-electron chi connectivity index (χ1n) is 6.44. The lowest BCUT2D eigenvalue weighted by Crippen LogP contribution is -2.05. The lowest BCUT2D eigenvalue weighted by molar-refractivity contribution is 0.457. The van der Waals surface area contributed by atoms with Crippen molar-refractivity contribution >= 4 is 0 Å². The van der Waals surface area contributed by atoms with Crippen molar-refractivity contribution < 1.29 is 4.74 Å². The SMILES string of the molecule is Cc1cc(C)c(C)c(Oc2cc([C@@H](C)N)ccn2)c1. The van der Waals surface area contributed by atoms with Crippen LogP contribution < -0.4 is 10.5 Å². The molecule has 2 rings (SSSR count). The summed E-state index contributed by atoms with van der Waals surface area (Å²) in [7, 11) is 0. The Labute approximate surface area is 114 Å². The lowest BCUT2D eigenvalue weighted by Gasteiger charge is -2.12. The van der Waals surface area contributed by atoms with E-state index in [1.165, 1.54) is 11.1 Å². The van der Waals surface area contributed by atoms with Crippen molar-refractivity contribution in [3.05, 3.63) is 52.7 Å². The lowest BCUT2D eigenvalue weighted by atomic mass is 10.1. The summed E-state index contributed by atoms with van der Waals surface area (Å²) in [6, 6.07) is 7.95. The quantitative estimate of drug-likeness (QED) is 0.908. The van der Waals surface area contributed by atoms with Gasteiger partial charge in [-0.25, -0.2) is 4.98 Å². The zero-order valence-electron chi connectivity index (χ0n) is 11.9. The number of hydrogen-bond acceptors (Lipinski definition) is 3. The average Bonchev–Trinajstić information content (AvgIpc) is 2.35. The van der Waals surface area contributed by atoms with Crippen molar-refractivity contribution in [3.8, 4) is 11.6 Å². The van der Waals surface area contributed by atoms with Crippen molar-refractivity contribution in [1.82, 2.24) is 4.98 Å². The van der Waals surface area contributed by atoms with E-state index in [4.69, 9.17) is 10.5 Å². The third-order valence-corrected chi connectivity index (χ3v) is 3.26. The number of ether oxygens (including phenoxy) is 1. The molecule has 2 N–H and O–H groups in total. The fourth-order valence-corrected chi connectivity index (χ4v) is 1.98. The number of hydrogen-bond donors (Lipinski definition) is 1. The van der Waals surface area contributed by atoms with Gasteiger partial charge < -0.3 is 10.5 Å². The summed E-state index contributed by atoms with van der Waals surface area (Å²) in [6.07, 6.45) is 1.73. The molecule has 0 saturated carbocycles. The van der Waals surface area contributed by atoms with E-state index in [2.05, 4.69) is 31.8 Å². The Kier molecular flexibility index (Phi) is 3.86. The molecule has 3 heteroatoms. The maximum Gasteiger partial charge on any atom is 0.219 e. The second-order valence-electron chi connectivity index (χ2n) is 5.02. The number of aromatic nitrogens is 1. The monoisotopic (exact) mass is 256 g/mol. The van der Waals surface area contributed by atoms with Gasteiger partial charge in [-0.2, -0.15) is 0 Å². The number of benzene rings is 1. The number of rotatable bonds is 3. The minimum absolute atomic E-state index is 0.0225. The highest BCUT2D eigenvalue weighted by Crippen LogP contribution is 2.28. The fraction of sp³-hybridized carbons (Fsp3) is 0.312. The molecule has 1 atom stereocenters. The largest absolute Gasteiger partial charge is 0.439 e. The molecule has 1 aromatic heterocycles. The second-order valence-corrected chi connectivity index (χ2v) is 5.02. The van der Waals surface area contributed by atoms with Gasteiger partial charge in [-0.1, -0.05) is 6.07 Å². The molecule has 0 bridgehead atoms. The first-order chi connectivity index (χ1) is 8.97. The molecule has 2 aromatic rings. The molecule has 1 heterocycles. The third kappa shape index (κ3) is 3.12. The highest BCUT2D eigenvalue weighted by Gasteiger charge is 2.07. The molecule has 0 unspecified atom stereocenters. The molecule has 1 aromatic carbocycles. The van der Waals surface area contributed by atoms with Crippen LogP contribution in [0.25, 0.3) is 0 Å². The molecule has 19 heavy (non-hydrogen) atoms. The van der Waals surface area contributed by atoms with Gasteiger partial charge in [-0.3, -0.25) is 0 Å². The van der Waals surface area contributed by atoms with Crippen LogP contribution >= 0.6 is 0 Å². The van der Waals surface area contributed by atoms with Crippen LogP contribution in [0, 0.1) is 20.8 Å². The smallest absolute Gasteiger partial charge is 0.219 e. The van der Waals surface area contributed by atoms with Crippen molar-refractivity contribution in [2.75, 3.05) is 0 Å².